The predicted molar refractivity (Wildman–Crippen MR) is 85.6 cm³/mol. The van der Waals surface area contributed by atoms with Crippen molar-refractivity contribution in [3.8, 4) is 0 Å². The van der Waals surface area contributed by atoms with Crippen LogP contribution in [0.5, 0.6) is 0 Å². The van der Waals surface area contributed by atoms with Gasteiger partial charge >= 0.3 is 0 Å². The fourth-order valence-electron chi connectivity index (χ4n) is 2.98. The minimum absolute atomic E-state index is 0.106. The van der Waals surface area contributed by atoms with Crippen LogP contribution < -0.4 is 0 Å². The summed E-state index contributed by atoms with van der Waals surface area (Å²) in [6.45, 7) is 7.38. The average molecular weight is 311 g/mol. The molecule has 7 nitrogen and oxygen atoms in total. The van der Waals surface area contributed by atoms with Gasteiger partial charge in [-0.15, -0.1) is 0 Å². The lowest BCUT2D eigenvalue weighted by Gasteiger charge is -2.42. The molecule has 0 aromatic rings. The highest BCUT2D eigenvalue weighted by Crippen LogP contribution is 2.12. The maximum absolute atomic E-state index is 12.8. The van der Waals surface area contributed by atoms with Crippen molar-refractivity contribution >= 4 is 12.3 Å². The van der Waals surface area contributed by atoms with Gasteiger partial charge in [0.2, 0.25) is 12.3 Å². The average Bonchev–Trinajstić information content (AvgIpc) is 2.52. The van der Waals surface area contributed by atoms with Crippen molar-refractivity contribution in [2.75, 3.05) is 80.0 Å². The van der Waals surface area contributed by atoms with E-state index in [-0.39, 0.29) is 11.9 Å². The number of nitrogens with zero attached hydrogens (tertiary/aromatic N) is 5. The molecule has 1 unspecified atom stereocenters. The Kier molecular flexibility index (Phi) is 6.16. The van der Waals surface area contributed by atoms with Crippen LogP contribution in [0.1, 0.15) is 0 Å². The second-order valence-corrected chi connectivity index (χ2v) is 6.59. The monoisotopic (exact) mass is 311 g/mol. The predicted octanol–water partition coefficient (Wildman–Crippen LogP) is -1.54. The van der Waals surface area contributed by atoms with Crippen molar-refractivity contribution in [3.05, 3.63) is 0 Å². The maximum Gasteiger partial charge on any atom is 0.246 e. The molecule has 0 N–H and O–H groups in total. The van der Waals surface area contributed by atoms with E-state index in [9.17, 15) is 9.59 Å². The van der Waals surface area contributed by atoms with Crippen molar-refractivity contribution in [3.63, 3.8) is 0 Å². The highest BCUT2D eigenvalue weighted by molar-refractivity contribution is 5.84. The summed E-state index contributed by atoms with van der Waals surface area (Å²) in [6, 6.07) is -0.322. The summed E-state index contributed by atoms with van der Waals surface area (Å²) >= 11 is 0. The Bertz CT molecular complexity index is 382. The van der Waals surface area contributed by atoms with Crippen molar-refractivity contribution in [1.29, 1.82) is 0 Å². The molecule has 126 valence electrons. The van der Waals surface area contributed by atoms with E-state index in [1.165, 1.54) is 0 Å². The minimum atomic E-state index is -0.322. The first-order chi connectivity index (χ1) is 10.5. The summed E-state index contributed by atoms with van der Waals surface area (Å²) in [5.41, 5.74) is 0. The topological polar surface area (TPSA) is 50.3 Å². The van der Waals surface area contributed by atoms with E-state index in [0.29, 0.717) is 13.1 Å². The summed E-state index contributed by atoms with van der Waals surface area (Å²) in [5, 5.41) is 0. The number of likely N-dealkylation sites (N-methyl/N-ethyl adjacent to an activating group) is 2. The van der Waals surface area contributed by atoms with Crippen LogP contribution in [0.2, 0.25) is 0 Å². The molecule has 2 aliphatic heterocycles. The van der Waals surface area contributed by atoms with Crippen molar-refractivity contribution < 1.29 is 9.59 Å². The maximum atomic E-state index is 12.8. The molecular formula is C15H29N5O2. The molecule has 2 aliphatic rings. The molecule has 0 aromatic heterocycles. The van der Waals surface area contributed by atoms with Gasteiger partial charge in [0.15, 0.2) is 0 Å². The van der Waals surface area contributed by atoms with E-state index in [2.05, 4.69) is 35.8 Å². The van der Waals surface area contributed by atoms with Crippen LogP contribution in [0, 0.1) is 0 Å². The molecule has 22 heavy (non-hydrogen) atoms. The SMILES string of the molecule is CN(C)CCN1CCN(C=O)C(C(=O)N2CCN(C)CC2)C1. The fourth-order valence-corrected chi connectivity index (χ4v) is 2.98. The van der Waals surface area contributed by atoms with Gasteiger partial charge in [0.05, 0.1) is 0 Å². The standard InChI is InChI=1S/C15H29N5O2/c1-16(2)4-7-18-8-11-20(13-21)14(12-18)15(22)19-9-5-17(3)6-10-19/h13-14H,4-12H2,1-3H3. The third-order valence-corrected chi connectivity index (χ3v) is 4.60. The van der Waals surface area contributed by atoms with Crippen LogP contribution in [0.15, 0.2) is 0 Å². The normalized spacial score (nSPS) is 24.8. The van der Waals surface area contributed by atoms with Gasteiger partial charge in [0, 0.05) is 58.9 Å². The molecule has 2 fully saturated rings. The summed E-state index contributed by atoms with van der Waals surface area (Å²) in [6.07, 6.45) is 0.835. The lowest BCUT2D eigenvalue weighted by Crippen LogP contribution is -2.61. The zero-order valence-electron chi connectivity index (χ0n) is 14.1. The minimum Gasteiger partial charge on any atom is -0.338 e. The smallest absolute Gasteiger partial charge is 0.246 e. The second kappa shape index (κ2) is 7.89. The van der Waals surface area contributed by atoms with Crippen LogP contribution >= 0.6 is 0 Å². The Balaban J connectivity index is 1.94. The van der Waals surface area contributed by atoms with Gasteiger partial charge in [-0.05, 0) is 21.1 Å². The van der Waals surface area contributed by atoms with Gasteiger partial charge < -0.3 is 19.6 Å². The molecule has 7 heteroatoms. The molecule has 0 bridgehead atoms. The number of carbonyl (C=O) groups is 2. The van der Waals surface area contributed by atoms with E-state index in [1.54, 1.807) is 4.90 Å². The first-order valence-electron chi connectivity index (χ1n) is 8.06. The molecule has 0 aliphatic carbocycles. The van der Waals surface area contributed by atoms with Crippen molar-refractivity contribution in [2.45, 2.75) is 6.04 Å². The number of piperazine rings is 2. The molecule has 2 heterocycles. The Labute approximate surface area is 133 Å². The molecule has 2 saturated heterocycles. The third-order valence-electron chi connectivity index (χ3n) is 4.60. The lowest BCUT2D eigenvalue weighted by molar-refractivity contribution is -0.145. The van der Waals surface area contributed by atoms with Crippen LogP contribution in [0.4, 0.5) is 0 Å². The summed E-state index contributed by atoms with van der Waals surface area (Å²) < 4.78 is 0. The van der Waals surface area contributed by atoms with Gasteiger partial charge in [-0.25, -0.2) is 0 Å². The number of hydrogen-bond acceptors (Lipinski definition) is 5. The molecule has 0 radical (unpaired) electrons. The fraction of sp³-hybridized carbons (Fsp3) is 0.867. The van der Waals surface area contributed by atoms with Gasteiger partial charge in [0.1, 0.15) is 6.04 Å². The highest BCUT2D eigenvalue weighted by Gasteiger charge is 2.34. The molecule has 0 saturated carbocycles. The Morgan fingerprint density at radius 1 is 1.14 bits per heavy atom. The van der Waals surface area contributed by atoms with E-state index in [0.717, 1.165) is 52.2 Å². The molecule has 0 aromatic carbocycles. The lowest BCUT2D eigenvalue weighted by atomic mass is 10.1. The molecule has 2 rings (SSSR count). The summed E-state index contributed by atoms with van der Waals surface area (Å²) in [5.74, 6) is 0.106. The zero-order chi connectivity index (χ0) is 16.1. The Morgan fingerprint density at radius 2 is 1.82 bits per heavy atom. The largest absolute Gasteiger partial charge is 0.338 e. The van der Waals surface area contributed by atoms with Gasteiger partial charge in [-0.1, -0.05) is 0 Å². The molecule has 2 amide bonds. The van der Waals surface area contributed by atoms with Gasteiger partial charge in [-0.2, -0.15) is 0 Å². The van der Waals surface area contributed by atoms with Crippen LogP contribution in [-0.4, -0.2) is 123 Å². The Hall–Kier alpha value is -1.18. The number of carbonyl (C=O) groups excluding carboxylic acids is 2. The van der Waals surface area contributed by atoms with E-state index < -0.39 is 0 Å². The first kappa shape index (κ1) is 17.2. The van der Waals surface area contributed by atoms with E-state index >= 15 is 0 Å². The quantitative estimate of drug-likeness (QED) is 0.576. The number of amides is 2. The first-order valence-corrected chi connectivity index (χ1v) is 8.06. The molecular weight excluding hydrogens is 282 g/mol. The summed E-state index contributed by atoms with van der Waals surface area (Å²) in [7, 11) is 6.17. The number of rotatable bonds is 5. The summed E-state index contributed by atoms with van der Waals surface area (Å²) in [4.78, 5) is 34.3. The molecule has 0 spiro atoms. The van der Waals surface area contributed by atoms with E-state index in [4.69, 9.17) is 0 Å². The van der Waals surface area contributed by atoms with Gasteiger partial charge in [-0.3, -0.25) is 14.5 Å². The van der Waals surface area contributed by atoms with E-state index in [1.807, 2.05) is 4.90 Å². The van der Waals surface area contributed by atoms with Crippen LogP contribution in [0.25, 0.3) is 0 Å². The molecule has 1 atom stereocenters. The second-order valence-electron chi connectivity index (χ2n) is 6.59. The van der Waals surface area contributed by atoms with Crippen molar-refractivity contribution in [1.82, 2.24) is 24.5 Å². The van der Waals surface area contributed by atoms with Crippen molar-refractivity contribution in [2.24, 2.45) is 0 Å². The number of hydrogen-bond donors (Lipinski definition) is 0. The third kappa shape index (κ3) is 4.41. The Morgan fingerprint density at radius 3 is 2.41 bits per heavy atom. The highest BCUT2D eigenvalue weighted by atomic mass is 16.2. The van der Waals surface area contributed by atoms with Gasteiger partial charge in [0.25, 0.3) is 0 Å². The zero-order valence-corrected chi connectivity index (χ0v) is 14.1. The van der Waals surface area contributed by atoms with Crippen LogP contribution in [-0.2, 0) is 9.59 Å². The van der Waals surface area contributed by atoms with Crippen LogP contribution in [0.3, 0.4) is 0 Å².